The lowest BCUT2D eigenvalue weighted by molar-refractivity contribution is -0.144. The number of rotatable bonds is 34. The van der Waals surface area contributed by atoms with Crippen LogP contribution in [-0.2, 0) is 24.0 Å². The molecule has 2 heterocycles. The molecule has 17 heteroatoms. The van der Waals surface area contributed by atoms with E-state index in [1.54, 1.807) is 14.7 Å². The van der Waals surface area contributed by atoms with Gasteiger partial charge in [-0.15, -0.1) is 0 Å². The van der Waals surface area contributed by atoms with Crippen LogP contribution in [0.1, 0.15) is 122 Å². The van der Waals surface area contributed by atoms with Crippen molar-refractivity contribution in [3.05, 3.63) is 0 Å². The van der Waals surface area contributed by atoms with E-state index in [1.807, 2.05) is 18.7 Å². The van der Waals surface area contributed by atoms with E-state index in [0.29, 0.717) is 103 Å². The van der Waals surface area contributed by atoms with Gasteiger partial charge in [0.05, 0.1) is 25.2 Å². The first-order valence-corrected chi connectivity index (χ1v) is 22.8. The molecule has 0 bridgehead atoms. The number of urea groups is 1. The van der Waals surface area contributed by atoms with Crippen LogP contribution < -0.4 is 38.5 Å². The van der Waals surface area contributed by atoms with E-state index in [2.05, 4.69) is 21.3 Å². The number of nitrogens with zero attached hydrogens (tertiary/aromatic N) is 3. The Morgan fingerprint density at radius 2 is 1.11 bits per heavy atom. The Hall–Kier alpha value is -3.15. The highest BCUT2D eigenvalue weighted by molar-refractivity contribution is 8.00. The molecule has 0 saturated carbocycles. The van der Waals surface area contributed by atoms with Gasteiger partial charge in [0.15, 0.2) is 0 Å². The van der Waals surface area contributed by atoms with Crippen LogP contribution in [0.25, 0.3) is 0 Å². The van der Waals surface area contributed by atoms with Crippen LogP contribution in [0.2, 0.25) is 0 Å². The minimum absolute atomic E-state index is 0.00603. The fraction of sp³-hybridized carbons (Fsp3) is 0.850. The predicted octanol–water partition coefficient (Wildman–Crippen LogP) is 1.79. The first-order valence-electron chi connectivity index (χ1n) is 21.8. The van der Waals surface area contributed by atoms with Gasteiger partial charge >= 0.3 is 6.03 Å². The number of likely N-dealkylation sites (N-methyl/N-ethyl adjacent to an activating group) is 1. The van der Waals surface area contributed by atoms with E-state index in [4.69, 9.17) is 17.2 Å². The number of amides is 7. The number of carbonyl (C=O) groups excluding carboxylic acids is 6. The van der Waals surface area contributed by atoms with Gasteiger partial charge in [0, 0.05) is 69.5 Å². The van der Waals surface area contributed by atoms with Crippen molar-refractivity contribution in [2.45, 2.75) is 140 Å². The molecule has 2 fully saturated rings. The number of nitrogens with one attached hydrogen (secondary N) is 4. The normalized spacial score (nSPS) is 17.1. The number of thioether (sulfide) groups is 1. The molecule has 2 aliphatic rings. The number of hydrogen-bond acceptors (Lipinski definition) is 10. The lowest BCUT2D eigenvalue weighted by atomic mass is 10.0. The van der Waals surface area contributed by atoms with Gasteiger partial charge in [0.25, 0.3) is 0 Å². The summed E-state index contributed by atoms with van der Waals surface area (Å²) in [4.78, 5) is 81.0. The summed E-state index contributed by atoms with van der Waals surface area (Å²) >= 11 is 1.89. The summed E-state index contributed by atoms with van der Waals surface area (Å²) in [5.74, 6) is 0.564. The topological polar surface area (TPSA) is 238 Å². The van der Waals surface area contributed by atoms with Crippen LogP contribution >= 0.6 is 11.8 Å². The van der Waals surface area contributed by atoms with Gasteiger partial charge in [-0.2, -0.15) is 11.8 Å². The maximum atomic E-state index is 13.6. The maximum absolute atomic E-state index is 13.6. The zero-order chi connectivity index (χ0) is 41.7. The average Bonchev–Trinajstić information content (AvgIpc) is 3.75. The molecule has 0 radical (unpaired) electrons. The molecule has 3 atom stereocenters. The Labute approximate surface area is 346 Å². The van der Waals surface area contributed by atoms with Gasteiger partial charge in [-0.1, -0.05) is 19.3 Å². The minimum atomic E-state index is -0.244. The lowest BCUT2D eigenvalue weighted by Crippen LogP contribution is -2.48. The van der Waals surface area contributed by atoms with Gasteiger partial charge in [-0.25, -0.2) is 4.79 Å². The van der Waals surface area contributed by atoms with Crippen LogP contribution in [0.5, 0.6) is 0 Å². The van der Waals surface area contributed by atoms with Crippen molar-refractivity contribution >= 4 is 47.3 Å². The Kier molecular flexibility index (Phi) is 27.1. The molecule has 16 nitrogen and oxygen atoms in total. The van der Waals surface area contributed by atoms with Gasteiger partial charge in [0.1, 0.15) is 0 Å². The molecule has 2 aliphatic heterocycles. The first-order chi connectivity index (χ1) is 27.6. The first kappa shape index (κ1) is 50.0. The van der Waals surface area contributed by atoms with Crippen molar-refractivity contribution in [3.63, 3.8) is 0 Å². The van der Waals surface area contributed by atoms with Gasteiger partial charge in [0.2, 0.25) is 29.5 Å². The van der Waals surface area contributed by atoms with Crippen LogP contribution in [0.15, 0.2) is 0 Å². The fourth-order valence-corrected chi connectivity index (χ4v) is 8.68. The SMILES string of the molecule is CCN(CCCCN)C(=O)CN(CCCCN)C(=O)CN(CCCCN)C(=O)CCCCCNC(=O)CCCCCNC(=O)CCCCC1SC[C@H]2NC(=O)N[C@@H]12. The molecule has 2 rings (SSSR count). The monoisotopic (exact) mass is 825 g/mol. The number of hydrogen-bond donors (Lipinski definition) is 7. The summed E-state index contributed by atoms with van der Waals surface area (Å²) in [5, 5.41) is 12.3. The molecule has 0 aromatic heterocycles. The second-order valence-electron chi connectivity index (χ2n) is 15.3. The second kappa shape index (κ2) is 30.9. The number of nitrogens with two attached hydrogens (primary N) is 3. The molecule has 0 aromatic carbocycles. The molecular weight excluding hydrogens is 749 g/mol. The minimum Gasteiger partial charge on any atom is -0.356 e. The van der Waals surface area contributed by atoms with Crippen molar-refractivity contribution in [1.82, 2.24) is 36.0 Å². The molecule has 57 heavy (non-hydrogen) atoms. The highest BCUT2D eigenvalue weighted by atomic mass is 32.2. The zero-order valence-corrected chi connectivity index (χ0v) is 35.7. The summed E-state index contributed by atoms with van der Waals surface area (Å²) < 4.78 is 0. The average molecular weight is 825 g/mol. The van der Waals surface area contributed by atoms with Gasteiger partial charge in [-0.05, 0) is 104 Å². The molecule has 0 spiro atoms. The van der Waals surface area contributed by atoms with Crippen molar-refractivity contribution in [2.24, 2.45) is 17.2 Å². The quantitative estimate of drug-likeness (QED) is 0.0367. The summed E-state index contributed by atoms with van der Waals surface area (Å²) in [5.41, 5.74) is 17.0. The third-order valence-corrected chi connectivity index (χ3v) is 12.1. The van der Waals surface area contributed by atoms with Gasteiger partial charge in [-0.3, -0.25) is 24.0 Å². The molecule has 1 unspecified atom stereocenters. The van der Waals surface area contributed by atoms with Crippen LogP contribution in [0.4, 0.5) is 4.79 Å². The van der Waals surface area contributed by atoms with Crippen LogP contribution in [0.3, 0.4) is 0 Å². The Morgan fingerprint density at radius 1 is 0.614 bits per heavy atom. The summed E-state index contributed by atoms with van der Waals surface area (Å²) in [7, 11) is 0. The van der Waals surface area contributed by atoms with Crippen LogP contribution in [-0.4, -0.2) is 145 Å². The maximum Gasteiger partial charge on any atom is 0.315 e. The standard InChI is InChI=1S/C40H76N10O6S/c1-2-48(26-14-9-21-41)37(54)29-50(28-16-11-23-43)38(55)30-49(27-15-10-22-42)36(53)20-6-4-13-25-44-34(51)18-5-3-12-24-45-35(52)19-8-7-17-33-39-32(31-57-33)46-40(56)47-39/h32-33,39H,2-31,41-43H2,1H3,(H,44,51)(H,45,52)(H2,46,47,56)/t32-,33?,39-/m1/s1. The van der Waals surface area contributed by atoms with Crippen molar-refractivity contribution in [3.8, 4) is 0 Å². The predicted molar refractivity (Wildman–Crippen MR) is 227 cm³/mol. The molecule has 10 N–H and O–H groups in total. The zero-order valence-electron chi connectivity index (χ0n) is 34.9. The molecule has 2 saturated heterocycles. The summed E-state index contributed by atoms with van der Waals surface area (Å²) in [6.07, 6.45) is 13.1. The summed E-state index contributed by atoms with van der Waals surface area (Å²) in [6, 6.07) is 0.363. The highest BCUT2D eigenvalue weighted by Gasteiger charge is 2.42. The van der Waals surface area contributed by atoms with E-state index in [0.717, 1.165) is 82.8 Å². The van der Waals surface area contributed by atoms with E-state index < -0.39 is 0 Å². The van der Waals surface area contributed by atoms with Crippen LogP contribution in [0, 0.1) is 0 Å². The number of fused-ring (bicyclic) bond motifs is 1. The number of carbonyl (C=O) groups is 6. The van der Waals surface area contributed by atoms with E-state index in [9.17, 15) is 28.8 Å². The molecule has 7 amide bonds. The second-order valence-corrected chi connectivity index (χ2v) is 16.6. The van der Waals surface area contributed by atoms with Crippen molar-refractivity contribution in [2.75, 3.05) is 77.7 Å². The van der Waals surface area contributed by atoms with E-state index >= 15 is 0 Å². The van der Waals surface area contributed by atoms with E-state index in [1.165, 1.54) is 0 Å². The summed E-state index contributed by atoms with van der Waals surface area (Å²) in [6.45, 7) is 6.52. The Bertz CT molecular complexity index is 1200. The lowest BCUT2D eigenvalue weighted by Gasteiger charge is -2.30. The largest absolute Gasteiger partial charge is 0.356 e. The third-order valence-electron chi connectivity index (χ3n) is 10.6. The molecule has 328 valence electrons. The Balaban J connectivity index is 1.60. The number of unbranched alkanes of at least 4 members (excludes halogenated alkanes) is 8. The van der Waals surface area contributed by atoms with E-state index in [-0.39, 0.29) is 60.7 Å². The third kappa shape index (κ3) is 21.4. The molecule has 0 aliphatic carbocycles. The van der Waals surface area contributed by atoms with Crippen molar-refractivity contribution < 1.29 is 28.8 Å². The fourth-order valence-electron chi connectivity index (χ4n) is 7.14. The molecular formula is C40H76N10O6S. The molecule has 0 aromatic rings. The van der Waals surface area contributed by atoms with Crippen molar-refractivity contribution in [1.29, 1.82) is 0 Å². The smallest absolute Gasteiger partial charge is 0.315 e. The van der Waals surface area contributed by atoms with Gasteiger partial charge < -0.3 is 53.2 Å². The Morgan fingerprint density at radius 3 is 1.65 bits per heavy atom. The highest BCUT2D eigenvalue weighted by Crippen LogP contribution is 2.33.